The largest absolute Gasteiger partial charge is 0.370 e. The third-order valence-corrected chi connectivity index (χ3v) is 1.11. The molecule has 0 unspecified atom stereocenters. The number of guanidine groups is 1. The number of nitrogens with two attached hydrogens (primary N) is 2. The van der Waals surface area contributed by atoms with Gasteiger partial charge in [-0.25, -0.2) is 4.99 Å². The Morgan fingerprint density at radius 1 is 1.56 bits per heavy atom. The van der Waals surface area contributed by atoms with E-state index in [1.54, 1.807) is 0 Å². The molecular weight excluding hydrogens is 116 g/mol. The van der Waals surface area contributed by atoms with E-state index < -0.39 is 0 Å². The molecule has 9 heavy (non-hydrogen) atoms. The Bertz CT molecular complexity index is 154. The first-order chi connectivity index (χ1) is 4.29. The molecule has 0 aromatic rings. The standard InChI is InChI=1S/C5H10N4/c6-5(7)9-4-2-1-3-8-4/h1-3H2,(H4,6,7,8,9). The van der Waals surface area contributed by atoms with Gasteiger partial charge in [0.15, 0.2) is 5.96 Å². The van der Waals surface area contributed by atoms with Crippen molar-refractivity contribution in [2.75, 3.05) is 6.54 Å². The molecule has 0 bridgehead atoms. The number of rotatable bonds is 0. The van der Waals surface area contributed by atoms with E-state index in [0.717, 1.165) is 25.2 Å². The third kappa shape index (κ3) is 1.71. The molecule has 50 valence electrons. The van der Waals surface area contributed by atoms with Crippen LogP contribution in [0.2, 0.25) is 0 Å². The molecule has 4 N–H and O–H groups in total. The van der Waals surface area contributed by atoms with Gasteiger partial charge in [0.05, 0.1) is 0 Å². The van der Waals surface area contributed by atoms with Crippen molar-refractivity contribution in [2.45, 2.75) is 12.8 Å². The fraction of sp³-hybridized carbons (Fsp3) is 0.600. The van der Waals surface area contributed by atoms with Crippen molar-refractivity contribution in [1.29, 1.82) is 0 Å². The van der Waals surface area contributed by atoms with Crippen LogP contribution in [0.3, 0.4) is 0 Å². The number of hydrogen-bond donors (Lipinski definition) is 2. The summed E-state index contributed by atoms with van der Waals surface area (Å²) in [5.74, 6) is 0.894. The molecule has 1 rings (SSSR count). The Balaban J connectivity index is 2.53. The van der Waals surface area contributed by atoms with Crippen molar-refractivity contribution >= 4 is 11.8 Å². The molecule has 0 spiro atoms. The van der Waals surface area contributed by atoms with Crippen LogP contribution in [0.25, 0.3) is 0 Å². The number of amidine groups is 1. The Labute approximate surface area is 53.7 Å². The zero-order chi connectivity index (χ0) is 6.69. The van der Waals surface area contributed by atoms with Gasteiger partial charge in [0.1, 0.15) is 5.84 Å². The van der Waals surface area contributed by atoms with Crippen LogP contribution in [0.15, 0.2) is 9.98 Å². The molecule has 1 aliphatic rings. The molecule has 0 saturated heterocycles. The van der Waals surface area contributed by atoms with Crippen LogP contribution in [0.5, 0.6) is 0 Å². The van der Waals surface area contributed by atoms with Crippen LogP contribution in [0.4, 0.5) is 0 Å². The molecule has 0 aliphatic carbocycles. The summed E-state index contributed by atoms with van der Waals surface area (Å²) < 4.78 is 0. The third-order valence-electron chi connectivity index (χ3n) is 1.11. The van der Waals surface area contributed by atoms with Gasteiger partial charge in [0.2, 0.25) is 0 Å². The summed E-state index contributed by atoms with van der Waals surface area (Å²) in [6.07, 6.45) is 1.99. The van der Waals surface area contributed by atoms with Crippen LogP contribution in [-0.4, -0.2) is 18.3 Å². The topological polar surface area (TPSA) is 76.8 Å². The molecule has 1 heterocycles. The van der Waals surface area contributed by atoms with E-state index in [9.17, 15) is 0 Å². The summed E-state index contributed by atoms with van der Waals surface area (Å²) in [7, 11) is 0. The van der Waals surface area contributed by atoms with Crippen molar-refractivity contribution in [1.82, 2.24) is 0 Å². The second-order valence-electron chi connectivity index (χ2n) is 1.94. The van der Waals surface area contributed by atoms with Gasteiger partial charge < -0.3 is 11.5 Å². The molecule has 4 heteroatoms. The highest BCUT2D eigenvalue weighted by Crippen LogP contribution is 2.03. The minimum absolute atomic E-state index is 0.107. The van der Waals surface area contributed by atoms with Gasteiger partial charge in [-0.15, -0.1) is 0 Å². The first-order valence-electron chi connectivity index (χ1n) is 2.92. The maximum Gasteiger partial charge on any atom is 0.192 e. The van der Waals surface area contributed by atoms with E-state index in [-0.39, 0.29) is 5.96 Å². The first kappa shape index (κ1) is 6.07. The second-order valence-corrected chi connectivity index (χ2v) is 1.94. The zero-order valence-electron chi connectivity index (χ0n) is 5.17. The van der Waals surface area contributed by atoms with Crippen molar-refractivity contribution in [2.24, 2.45) is 21.5 Å². The predicted octanol–water partition coefficient (Wildman–Crippen LogP) is -0.548. The molecule has 4 nitrogen and oxygen atoms in total. The second kappa shape index (κ2) is 2.48. The summed E-state index contributed by atoms with van der Waals surface area (Å²) >= 11 is 0. The molecule has 0 fully saturated rings. The highest BCUT2D eigenvalue weighted by atomic mass is 15.0. The molecule has 0 aromatic heterocycles. The van der Waals surface area contributed by atoms with Gasteiger partial charge in [-0.05, 0) is 6.42 Å². The lowest BCUT2D eigenvalue weighted by Crippen LogP contribution is -2.23. The van der Waals surface area contributed by atoms with Gasteiger partial charge >= 0.3 is 0 Å². The Kier molecular flexibility index (Phi) is 1.67. The van der Waals surface area contributed by atoms with Gasteiger partial charge in [-0.3, -0.25) is 4.99 Å². The van der Waals surface area contributed by atoms with Crippen LogP contribution in [0.1, 0.15) is 12.8 Å². The number of nitrogens with zero attached hydrogens (tertiary/aromatic N) is 2. The van der Waals surface area contributed by atoms with Crippen LogP contribution in [0, 0.1) is 0 Å². The molecule has 1 aliphatic heterocycles. The van der Waals surface area contributed by atoms with E-state index in [0.29, 0.717) is 0 Å². The van der Waals surface area contributed by atoms with Crippen LogP contribution in [-0.2, 0) is 0 Å². The normalized spacial score (nSPS) is 17.1. The molecule has 0 radical (unpaired) electrons. The van der Waals surface area contributed by atoms with Crippen molar-refractivity contribution in [3.8, 4) is 0 Å². The maximum atomic E-state index is 5.12. The molecule has 0 atom stereocenters. The number of aliphatic imine (C=N–C) groups is 2. The molecule has 0 aromatic carbocycles. The van der Waals surface area contributed by atoms with E-state index in [1.165, 1.54) is 0 Å². The smallest absolute Gasteiger partial charge is 0.192 e. The van der Waals surface area contributed by atoms with Gasteiger partial charge in [-0.1, -0.05) is 0 Å². The lowest BCUT2D eigenvalue weighted by molar-refractivity contribution is 0.950. The molecule has 0 amide bonds. The minimum atomic E-state index is 0.107. The van der Waals surface area contributed by atoms with Gasteiger partial charge in [0.25, 0.3) is 0 Å². The molecule has 0 saturated carbocycles. The quantitative estimate of drug-likeness (QED) is 0.337. The average Bonchev–Trinajstić information content (AvgIpc) is 2.15. The van der Waals surface area contributed by atoms with E-state index >= 15 is 0 Å². The monoisotopic (exact) mass is 126 g/mol. The Morgan fingerprint density at radius 2 is 2.33 bits per heavy atom. The SMILES string of the molecule is NC(N)=NC1=NCCC1. The molecular formula is C5H10N4. The number of hydrogen-bond acceptors (Lipinski definition) is 2. The van der Waals surface area contributed by atoms with Crippen LogP contribution < -0.4 is 11.5 Å². The fourth-order valence-electron chi connectivity index (χ4n) is 0.765. The van der Waals surface area contributed by atoms with E-state index in [1.807, 2.05) is 0 Å². The van der Waals surface area contributed by atoms with Crippen LogP contribution >= 0.6 is 0 Å². The van der Waals surface area contributed by atoms with E-state index in [2.05, 4.69) is 9.98 Å². The Morgan fingerprint density at radius 3 is 2.78 bits per heavy atom. The summed E-state index contributed by atoms with van der Waals surface area (Å²) in [6.45, 7) is 0.867. The predicted molar refractivity (Wildman–Crippen MR) is 37.3 cm³/mol. The lowest BCUT2D eigenvalue weighted by atomic mass is 10.3. The van der Waals surface area contributed by atoms with Crippen molar-refractivity contribution in [3.63, 3.8) is 0 Å². The summed E-state index contributed by atoms with van der Waals surface area (Å²) in [6, 6.07) is 0. The zero-order valence-corrected chi connectivity index (χ0v) is 5.17. The average molecular weight is 126 g/mol. The maximum absolute atomic E-state index is 5.12. The van der Waals surface area contributed by atoms with Gasteiger partial charge in [-0.2, -0.15) is 0 Å². The Hall–Kier alpha value is -1.06. The van der Waals surface area contributed by atoms with Crippen molar-refractivity contribution in [3.05, 3.63) is 0 Å². The first-order valence-corrected chi connectivity index (χ1v) is 2.92. The minimum Gasteiger partial charge on any atom is -0.370 e. The summed E-state index contributed by atoms with van der Waals surface area (Å²) in [4.78, 5) is 7.84. The highest BCUT2D eigenvalue weighted by Gasteiger charge is 2.03. The highest BCUT2D eigenvalue weighted by molar-refractivity contribution is 5.95. The summed E-state index contributed by atoms with van der Waals surface area (Å²) in [5, 5.41) is 0. The van der Waals surface area contributed by atoms with Crippen molar-refractivity contribution < 1.29 is 0 Å². The van der Waals surface area contributed by atoms with E-state index in [4.69, 9.17) is 11.5 Å². The summed E-state index contributed by atoms with van der Waals surface area (Å²) in [5.41, 5.74) is 10.2. The van der Waals surface area contributed by atoms with Gasteiger partial charge in [0, 0.05) is 13.0 Å². The fourth-order valence-corrected chi connectivity index (χ4v) is 0.765. The lowest BCUT2D eigenvalue weighted by Gasteiger charge is -1.89.